The van der Waals surface area contributed by atoms with E-state index in [0.29, 0.717) is 0 Å². The normalized spacial score (nSPS) is 10.8. The lowest BCUT2D eigenvalue weighted by atomic mass is 10.0. The molecule has 0 aromatic heterocycles. The Morgan fingerprint density at radius 1 is 1.15 bits per heavy atom. The van der Waals surface area contributed by atoms with Gasteiger partial charge in [0, 0.05) is 5.56 Å². The van der Waals surface area contributed by atoms with Crippen molar-refractivity contribution in [3.8, 4) is 5.75 Å². The molecule has 1 rings (SSSR count). The SMILES string of the molecule is C/C=C/c1cc(C)c(C)cc1OC. The lowest BCUT2D eigenvalue weighted by molar-refractivity contribution is 0.413. The summed E-state index contributed by atoms with van der Waals surface area (Å²) in [6.45, 7) is 6.22. The van der Waals surface area contributed by atoms with Crippen molar-refractivity contribution in [2.24, 2.45) is 0 Å². The molecule has 0 amide bonds. The number of hydrogen-bond acceptors (Lipinski definition) is 1. The van der Waals surface area contributed by atoms with Gasteiger partial charge in [-0.05, 0) is 44.0 Å². The number of allylic oxidation sites excluding steroid dienone is 1. The topological polar surface area (TPSA) is 9.23 Å². The van der Waals surface area contributed by atoms with Gasteiger partial charge in [0.2, 0.25) is 0 Å². The van der Waals surface area contributed by atoms with Crippen molar-refractivity contribution in [1.82, 2.24) is 0 Å². The molecule has 0 N–H and O–H groups in total. The maximum absolute atomic E-state index is 5.28. The van der Waals surface area contributed by atoms with Gasteiger partial charge < -0.3 is 4.74 Å². The van der Waals surface area contributed by atoms with Crippen LogP contribution in [0.25, 0.3) is 6.08 Å². The first-order valence-corrected chi connectivity index (χ1v) is 4.47. The van der Waals surface area contributed by atoms with E-state index in [2.05, 4.69) is 32.1 Å². The van der Waals surface area contributed by atoms with Crippen molar-refractivity contribution in [3.05, 3.63) is 34.9 Å². The largest absolute Gasteiger partial charge is 0.496 e. The maximum Gasteiger partial charge on any atom is 0.126 e. The summed E-state index contributed by atoms with van der Waals surface area (Å²) >= 11 is 0. The van der Waals surface area contributed by atoms with E-state index in [-0.39, 0.29) is 0 Å². The van der Waals surface area contributed by atoms with Crippen LogP contribution in [0.4, 0.5) is 0 Å². The van der Waals surface area contributed by atoms with Gasteiger partial charge in [0.25, 0.3) is 0 Å². The van der Waals surface area contributed by atoms with Crippen LogP contribution >= 0.6 is 0 Å². The summed E-state index contributed by atoms with van der Waals surface area (Å²) in [5.74, 6) is 0.946. The summed E-state index contributed by atoms with van der Waals surface area (Å²) in [5.41, 5.74) is 3.71. The highest BCUT2D eigenvalue weighted by atomic mass is 16.5. The number of benzene rings is 1. The third-order valence-corrected chi connectivity index (χ3v) is 2.19. The van der Waals surface area contributed by atoms with E-state index >= 15 is 0 Å². The molecule has 0 radical (unpaired) electrons. The molecule has 0 unspecified atom stereocenters. The van der Waals surface area contributed by atoms with Crippen LogP contribution in [0.15, 0.2) is 18.2 Å². The van der Waals surface area contributed by atoms with Gasteiger partial charge in [-0.25, -0.2) is 0 Å². The third kappa shape index (κ3) is 2.11. The molecule has 1 heteroatoms. The lowest BCUT2D eigenvalue weighted by Gasteiger charge is -2.08. The van der Waals surface area contributed by atoms with E-state index in [0.717, 1.165) is 11.3 Å². The molecule has 0 saturated carbocycles. The molecular weight excluding hydrogens is 160 g/mol. The van der Waals surface area contributed by atoms with Crippen LogP contribution in [0.2, 0.25) is 0 Å². The summed E-state index contributed by atoms with van der Waals surface area (Å²) < 4.78 is 5.28. The van der Waals surface area contributed by atoms with E-state index in [4.69, 9.17) is 4.74 Å². The second kappa shape index (κ2) is 4.13. The van der Waals surface area contributed by atoms with Crippen molar-refractivity contribution in [2.45, 2.75) is 20.8 Å². The van der Waals surface area contributed by atoms with Crippen LogP contribution in [-0.4, -0.2) is 7.11 Å². The van der Waals surface area contributed by atoms with Crippen molar-refractivity contribution in [2.75, 3.05) is 7.11 Å². The zero-order valence-corrected chi connectivity index (χ0v) is 8.72. The average molecular weight is 176 g/mol. The van der Waals surface area contributed by atoms with Crippen LogP contribution in [0, 0.1) is 13.8 Å². The Labute approximate surface area is 80.0 Å². The molecular formula is C12H16O. The van der Waals surface area contributed by atoms with Gasteiger partial charge in [-0.2, -0.15) is 0 Å². The predicted octanol–water partition coefficient (Wildman–Crippen LogP) is 3.35. The van der Waals surface area contributed by atoms with Crippen LogP contribution in [0.3, 0.4) is 0 Å². The molecule has 1 aromatic carbocycles. The smallest absolute Gasteiger partial charge is 0.126 e. The monoisotopic (exact) mass is 176 g/mol. The molecule has 1 nitrogen and oxygen atoms in total. The molecule has 0 spiro atoms. The molecule has 1 aromatic rings. The summed E-state index contributed by atoms with van der Waals surface area (Å²) in [6.07, 6.45) is 4.08. The van der Waals surface area contributed by atoms with Crippen LogP contribution in [0.5, 0.6) is 5.75 Å². The molecule has 0 heterocycles. The van der Waals surface area contributed by atoms with E-state index < -0.39 is 0 Å². The number of ether oxygens (including phenoxy) is 1. The first kappa shape index (κ1) is 9.85. The van der Waals surface area contributed by atoms with Crippen molar-refractivity contribution in [1.29, 1.82) is 0 Å². The van der Waals surface area contributed by atoms with Gasteiger partial charge in [-0.1, -0.05) is 12.2 Å². The minimum Gasteiger partial charge on any atom is -0.496 e. The molecule has 0 aliphatic heterocycles. The van der Waals surface area contributed by atoms with Crippen LogP contribution in [0.1, 0.15) is 23.6 Å². The highest BCUT2D eigenvalue weighted by Crippen LogP contribution is 2.23. The first-order valence-electron chi connectivity index (χ1n) is 4.47. The zero-order chi connectivity index (χ0) is 9.84. The molecule has 0 atom stereocenters. The Hall–Kier alpha value is -1.24. The molecule has 0 fully saturated rings. The molecule has 0 saturated heterocycles. The summed E-state index contributed by atoms with van der Waals surface area (Å²) in [6, 6.07) is 4.22. The fourth-order valence-electron chi connectivity index (χ4n) is 1.30. The summed E-state index contributed by atoms with van der Waals surface area (Å²) in [7, 11) is 1.71. The Balaban J connectivity index is 3.24. The van der Waals surface area contributed by atoms with E-state index in [1.807, 2.05) is 13.0 Å². The van der Waals surface area contributed by atoms with Crippen molar-refractivity contribution < 1.29 is 4.74 Å². The third-order valence-electron chi connectivity index (χ3n) is 2.19. The highest BCUT2D eigenvalue weighted by molar-refractivity contribution is 5.59. The maximum atomic E-state index is 5.28. The highest BCUT2D eigenvalue weighted by Gasteiger charge is 2.01. The van der Waals surface area contributed by atoms with Gasteiger partial charge in [0.05, 0.1) is 7.11 Å². The van der Waals surface area contributed by atoms with Gasteiger partial charge in [-0.15, -0.1) is 0 Å². The van der Waals surface area contributed by atoms with Gasteiger partial charge >= 0.3 is 0 Å². The predicted molar refractivity (Wildman–Crippen MR) is 57.2 cm³/mol. The minimum absolute atomic E-state index is 0.946. The second-order valence-corrected chi connectivity index (χ2v) is 3.18. The first-order chi connectivity index (χ1) is 6.19. The van der Waals surface area contributed by atoms with Crippen LogP contribution in [-0.2, 0) is 0 Å². The minimum atomic E-state index is 0.946. The number of methoxy groups -OCH3 is 1. The average Bonchev–Trinajstić information content (AvgIpc) is 2.11. The lowest BCUT2D eigenvalue weighted by Crippen LogP contribution is -1.90. The molecule has 13 heavy (non-hydrogen) atoms. The Bertz CT molecular complexity index is 324. The van der Waals surface area contributed by atoms with E-state index in [1.54, 1.807) is 7.11 Å². The molecule has 0 aliphatic carbocycles. The zero-order valence-electron chi connectivity index (χ0n) is 8.72. The summed E-state index contributed by atoms with van der Waals surface area (Å²) in [5, 5.41) is 0. The standard InChI is InChI=1S/C12H16O/c1-5-6-11-7-9(2)10(3)8-12(11)13-4/h5-8H,1-4H3/b6-5+. The van der Waals surface area contributed by atoms with Gasteiger partial charge in [-0.3, -0.25) is 0 Å². The fourth-order valence-corrected chi connectivity index (χ4v) is 1.30. The molecule has 0 aliphatic rings. The summed E-state index contributed by atoms with van der Waals surface area (Å²) in [4.78, 5) is 0. The van der Waals surface area contributed by atoms with Crippen molar-refractivity contribution >= 4 is 6.08 Å². The van der Waals surface area contributed by atoms with Crippen LogP contribution < -0.4 is 4.74 Å². The number of aryl methyl sites for hydroxylation is 2. The molecule has 0 bridgehead atoms. The van der Waals surface area contributed by atoms with E-state index in [1.165, 1.54) is 11.1 Å². The number of rotatable bonds is 2. The van der Waals surface area contributed by atoms with Gasteiger partial charge in [0.1, 0.15) is 5.75 Å². The fraction of sp³-hybridized carbons (Fsp3) is 0.333. The van der Waals surface area contributed by atoms with E-state index in [9.17, 15) is 0 Å². The molecule has 70 valence electrons. The Morgan fingerprint density at radius 3 is 2.31 bits per heavy atom. The number of hydrogen-bond donors (Lipinski definition) is 0. The second-order valence-electron chi connectivity index (χ2n) is 3.18. The quantitative estimate of drug-likeness (QED) is 0.671. The van der Waals surface area contributed by atoms with Crippen molar-refractivity contribution in [3.63, 3.8) is 0 Å². The van der Waals surface area contributed by atoms with Gasteiger partial charge in [0.15, 0.2) is 0 Å². The Kier molecular flexibility index (Phi) is 3.13. The Morgan fingerprint density at radius 2 is 1.77 bits per heavy atom.